The van der Waals surface area contributed by atoms with E-state index in [2.05, 4.69) is 48.3 Å². The minimum Gasteiger partial charge on any atom is -0.383 e. The van der Waals surface area contributed by atoms with Crippen molar-refractivity contribution in [3.05, 3.63) is 29.8 Å². The van der Waals surface area contributed by atoms with Crippen LogP contribution < -0.4 is 10.2 Å². The molecule has 0 heterocycles. The van der Waals surface area contributed by atoms with Gasteiger partial charge in [-0.05, 0) is 38.3 Å². The topological polar surface area (TPSA) is 24.5 Å². The Morgan fingerprint density at radius 2 is 2.11 bits per heavy atom. The van der Waals surface area contributed by atoms with Gasteiger partial charge in [-0.1, -0.05) is 18.2 Å². The molecule has 0 bridgehead atoms. The van der Waals surface area contributed by atoms with E-state index in [0.717, 1.165) is 25.7 Å². The molecular formula is C16H26N2O. The van der Waals surface area contributed by atoms with E-state index < -0.39 is 0 Å². The number of hydrogen-bond donors (Lipinski definition) is 1. The molecule has 1 aromatic rings. The van der Waals surface area contributed by atoms with Gasteiger partial charge in [0.15, 0.2) is 0 Å². The van der Waals surface area contributed by atoms with Gasteiger partial charge < -0.3 is 15.0 Å². The Morgan fingerprint density at radius 3 is 2.74 bits per heavy atom. The van der Waals surface area contributed by atoms with Gasteiger partial charge in [0, 0.05) is 38.0 Å². The van der Waals surface area contributed by atoms with Crippen LogP contribution in [0.15, 0.2) is 24.3 Å². The minimum atomic E-state index is 0.400. The van der Waals surface area contributed by atoms with E-state index >= 15 is 0 Å². The fourth-order valence-electron chi connectivity index (χ4n) is 2.53. The summed E-state index contributed by atoms with van der Waals surface area (Å²) in [6.07, 6.45) is 2.67. The number of nitrogens with one attached hydrogen (secondary N) is 1. The minimum absolute atomic E-state index is 0.400. The van der Waals surface area contributed by atoms with Gasteiger partial charge in [0.25, 0.3) is 0 Å². The van der Waals surface area contributed by atoms with Crippen LogP contribution in [0.4, 0.5) is 5.69 Å². The lowest BCUT2D eigenvalue weighted by Crippen LogP contribution is -2.37. The monoisotopic (exact) mass is 262 g/mol. The highest BCUT2D eigenvalue weighted by atomic mass is 16.5. The Balaban J connectivity index is 2.10. The van der Waals surface area contributed by atoms with Crippen molar-refractivity contribution in [1.82, 2.24) is 5.32 Å². The van der Waals surface area contributed by atoms with Crippen LogP contribution in [-0.4, -0.2) is 32.3 Å². The summed E-state index contributed by atoms with van der Waals surface area (Å²) >= 11 is 0. The van der Waals surface area contributed by atoms with Gasteiger partial charge >= 0.3 is 0 Å². The zero-order chi connectivity index (χ0) is 13.7. The average molecular weight is 262 g/mol. The molecule has 0 amide bonds. The van der Waals surface area contributed by atoms with Crippen LogP contribution in [0.5, 0.6) is 0 Å². The normalized spacial score (nSPS) is 16.4. The molecule has 19 heavy (non-hydrogen) atoms. The van der Waals surface area contributed by atoms with E-state index in [1.165, 1.54) is 24.1 Å². The number of para-hydroxylation sites is 1. The van der Waals surface area contributed by atoms with Crippen molar-refractivity contribution in [3.63, 3.8) is 0 Å². The summed E-state index contributed by atoms with van der Waals surface area (Å²) in [6.45, 7) is 7.16. The molecule has 1 unspecified atom stereocenters. The van der Waals surface area contributed by atoms with Crippen LogP contribution >= 0.6 is 0 Å². The second-order valence-corrected chi connectivity index (χ2v) is 5.37. The summed E-state index contributed by atoms with van der Waals surface area (Å²) < 4.78 is 5.30. The molecule has 1 fully saturated rings. The van der Waals surface area contributed by atoms with Crippen LogP contribution in [0.2, 0.25) is 0 Å². The molecule has 1 N–H and O–H groups in total. The zero-order valence-corrected chi connectivity index (χ0v) is 12.4. The number of rotatable bonds is 8. The number of hydrogen-bond acceptors (Lipinski definition) is 3. The lowest BCUT2D eigenvalue weighted by molar-refractivity contribution is 0.182. The molecule has 0 spiro atoms. The molecule has 1 aliphatic rings. The molecule has 106 valence electrons. The molecule has 3 nitrogen and oxygen atoms in total. The van der Waals surface area contributed by atoms with Crippen molar-refractivity contribution in [2.24, 2.45) is 0 Å². The number of likely N-dealkylation sites (N-methyl/N-ethyl adjacent to an activating group) is 1. The third kappa shape index (κ3) is 3.95. The fourth-order valence-corrected chi connectivity index (χ4v) is 2.53. The van der Waals surface area contributed by atoms with Crippen molar-refractivity contribution in [2.45, 2.75) is 45.3 Å². The summed E-state index contributed by atoms with van der Waals surface area (Å²) in [5, 5.41) is 3.61. The number of anilines is 1. The van der Waals surface area contributed by atoms with Gasteiger partial charge in [0.1, 0.15) is 0 Å². The summed E-state index contributed by atoms with van der Waals surface area (Å²) in [5.74, 6) is 0. The number of methoxy groups -OCH3 is 1. The SMILES string of the molecule is CCN(c1ccccc1CNC1CC1)C(C)COC. The first-order valence-electron chi connectivity index (χ1n) is 7.33. The highest BCUT2D eigenvalue weighted by molar-refractivity contribution is 5.54. The third-order valence-electron chi connectivity index (χ3n) is 3.74. The van der Waals surface area contributed by atoms with E-state index in [1.54, 1.807) is 7.11 Å². The van der Waals surface area contributed by atoms with Crippen molar-refractivity contribution in [2.75, 3.05) is 25.2 Å². The third-order valence-corrected chi connectivity index (χ3v) is 3.74. The van der Waals surface area contributed by atoms with E-state index in [0.29, 0.717) is 6.04 Å². The number of ether oxygens (including phenoxy) is 1. The molecule has 1 aliphatic carbocycles. The highest BCUT2D eigenvalue weighted by Gasteiger charge is 2.21. The second kappa shape index (κ2) is 6.92. The molecule has 0 saturated heterocycles. The highest BCUT2D eigenvalue weighted by Crippen LogP contribution is 2.25. The van der Waals surface area contributed by atoms with Gasteiger partial charge in [-0.25, -0.2) is 0 Å². The second-order valence-electron chi connectivity index (χ2n) is 5.37. The summed E-state index contributed by atoms with van der Waals surface area (Å²) in [6, 6.07) is 9.85. The largest absolute Gasteiger partial charge is 0.383 e. The van der Waals surface area contributed by atoms with Crippen LogP contribution in [0, 0.1) is 0 Å². The van der Waals surface area contributed by atoms with E-state index in [4.69, 9.17) is 4.74 Å². The van der Waals surface area contributed by atoms with Crippen molar-refractivity contribution >= 4 is 5.69 Å². The molecule has 3 heteroatoms. The maximum Gasteiger partial charge on any atom is 0.0663 e. The van der Waals surface area contributed by atoms with E-state index in [-0.39, 0.29) is 0 Å². The standard InChI is InChI=1S/C16H26N2O/c1-4-18(13(2)12-19-3)16-8-6-5-7-14(16)11-17-15-9-10-15/h5-8,13,15,17H,4,9-12H2,1-3H3. The molecular weight excluding hydrogens is 236 g/mol. The van der Waals surface area contributed by atoms with Crippen LogP contribution in [-0.2, 0) is 11.3 Å². The lowest BCUT2D eigenvalue weighted by atomic mass is 10.1. The quantitative estimate of drug-likeness (QED) is 0.779. The Labute approximate surface area is 116 Å². The predicted octanol–water partition coefficient (Wildman–Crippen LogP) is 2.80. The Hall–Kier alpha value is -1.06. The first-order chi connectivity index (χ1) is 9.26. The maximum atomic E-state index is 5.30. The first kappa shape index (κ1) is 14.4. The van der Waals surface area contributed by atoms with Crippen molar-refractivity contribution in [1.29, 1.82) is 0 Å². The van der Waals surface area contributed by atoms with E-state index in [9.17, 15) is 0 Å². The van der Waals surface area contributed by atoms with Crippen molar-refractivity contribution in [3.8, 4) is 0 Å². The maximum absolute atomic E-state index is 5.30. The zero-order valence-electron chi connectivity index (χ0n) is 12.4. The van der Waals surface area contributed by atoms with Gasteiger partial charge in [-0.2, -0.15) is 0 Å². The van der Waals surface area contributed by atoms with Crippen molar-refractivity contribution < 1.29 is 4.74 Å². The predicted molar refractivity (Wildman–Crippen MR) is 80.7 cm³/mol. The van der Waals surface area contributed by atoms with E-state index in [1.807, 2.05) is 0 Å². The van der Waals surface area contributed by atoms with Crippen LogP contribution in [0.3, 0.4) is 0 Å². The molecule has 1 atom stereocenters. The Kier molecular flexibility index (Phi) is 5.23. The summed E-state index contributed by atoms with van der Waals surface area (Å²) in [7, 11) is 1.77. The average Bonchev–Trinajstić information content (AvgIpc) is 3.23. The first-order valence-corrected chi connectivity index (χ1v) is 7.33. The Morgan fingerprint density at radius 1 is 1.37 bits per heavy atom. The van der Waals surface area contributed by atoms with Gasteiger partial charge in [0.05, 0.1) is 6.61 Å². The van der Waals surface area contributed by atoms with Gasteiger partial charge in [-0.3, -0.25) is 0 Å². The van der Waals surface area contributed by atoms with Crippen LogP contribution in [0.25, 0.3) is 0 Å². The molecule has 0 radical (unpaired) electrons. The van der Waals surface area contributed by atoms with Gasteiger partial charge in [0.2, 0.25) is 0 Å². The fraction of sp³-hybridized carbons (Fsp3) is 0.625. The lowest BCUT2D eigenvalue weighted by Gasteiger charge is -2.31. The van der Waals surface area contributed by atoms with Gasteiger partial charge in [-0.15, -0.1) is 0 Å². The molecule has 2 rings (SSSR count). The number of benzene rings is 1. The number of nitrogens with zero attached hydrogens (tertiary/aromatic N) is 1. The molecule has 1 saturated carbocycles. The summed E-state index contributed by atoms with van der Waals surface area (Å²) in [5.41, 5.74) is 2.72. The summed E-state index contributed by atoms with van der Waals surface area (Å²) in [4.78, 5) is 2.42. The van der Waals surface area contributed by atoms with Crippen LogP contribution in [0.1, 0.15) is 32.3 Å². The smallest absolute Gasteiger partial charge is 0.0663 e. The molecule has 1 aromatic carbocycles. The molecule has 0 aromatic heterocycles. The Bertz CT molecular complexity index is 390. The molecule has 0 aliphatic heterocycles.